The molecular weight excluding hydrogens is 360 g/mol. The molecule has 0 atom stereocenters. The first-order valence-electron chi connectivity index (χ1n) is 7.41. The number of aromatic nitrogens is 2. The molecule has 130 valence electrons. The molecule has 0 aliphatic carbocycles. The van der Waals surface area contributed by atoms with Gasteiger partial charge in [0.05, 0.1) is 25.4 Å². The molecule has 1 aromatic carbocycles. The van der Waals surface area contributed by atoms with Crippen molar-refractivity contribution in [3.63, 3.8) is 0 Å². The zero-order valence-electron chi connectivity index (χ0n) is 13.9. The highest BCUT2D eigenvalue weighted by atomic mass is 32.2. The number of carbonyl (C=O) groups is 1. The van der Waals surface area contributed by atoms with E-state index in [2.05, 4.69) is 9.97 Å². The molecule has 0 radical (unpaired) electrons. The summed E-state index contributed by atoms with van der Waals surface area (Å²) in [5.74, 6) is 1.42. The van der Waals surface area contributed by atoms with E-state index in [1.165, 1.54) is 18.4 Å². The normalized spacial score (nSPS) is 10.8. The Kier molecular flexibility index (Phi) is 5.10. The molecule has 0 saturated carbocycles. The molecule has 0 unspecified atom stereocenters. The Bertz CT molecular complexity index is 977. The van der Waals surface area contributed by atoms with Crippen molar-refractivity contribution in [1.82, 2.24) is 9.97 Å². The molecule has 25 heavy (non-hydrogen) atoms. The minimum atomic E-state index is -0.450. The number of aromatic amines is 1. The number of rotatable bonds is 5. The molecule has 0 bridgehead atoms. The second kappa shape index (κ2) is 7.28. The van der Waals surface area contributed by atoms with Crippen LogP contribution in [0, 0.1) is 6.92 Å². The molecule has 0 fully saturated rings. The fourth-order valence-electron chi connectivity index (χ4n) is 2.37. The number of nitrogens with zero attached hydrogens (tertiary/aromatic N) is 1. The summed E-state index contributed by atoms with van der Waals surface area (Å²) in [6.45, 7) is 1.73. The van der Waals surface area contributed by atoms with E-state index in [-0.39, 0.29) is 5.56 Å². The topological polar surface area (TPSA) is 81.3 Å². The van der Waals surface area contributed by atoms with E-state index in [0.29, 0.717) is 32.2 Å². The van der Waals surface area contributed by atoms with E-state index in [1.807, 2.05) is 24.3 Å². The van der Waals surface area contributed by atoms with Gasteiger partial charge in [-0.05, 0) is 36.8 Å². The van der Waals surface area contributed by atoms with Crippen molar-refractivity contribution in [2.45, 2.75) is 17.6 Å². The summed E-state index contributed by atoms with van der Waals surface area (Å²) in [4.78, 5) is 33.5. The number of methoxy groups -OCH3 is 2. The Morgan fingerprint density at radius 1 is 1.28 bits per heavy atom. The lowest BCUT2D eigenvalue weighted by atomic mass is 10.2. The number of H-pyrrole nitrogens is 1. The maximum atomic E-state index is 12.4. The first kappa shape index (κ1) is 17.5. The van der Waals surface area contributed by atoms with Crippen LogP contribution in [0.25, 0.3) is 10.2 Å². The fourth-order valence-corrected chi connectivity index (χ4v) is 4.26. The predicted molar refractivity (Wildman–Crippen MR) is 98.9 cm³/mol. The average Bonchev–Trinajstić information content (AvgIpc) is 2.96. The van der Waals surface area contributed by atoms with E-state index in [4.69, 9.17) is 9.47 Å². The van der Waals surface area contributed by atoms with Gasteiger partial charge in [-0.2, -0.15) is 0 Å². The first-order chi connectivity index (χ1) is 12.0. The summed E-state index contributed by atoms with van der Waals surface area (Å²) in [6.07, 6.45) is 0. The Labute approximate surface area is 152 Å². The van der Waals surface area contributed by atoms with Gasteiger partial charge < -0.3 is 14.5 Å². The minimum Gasteiger partial charge on any atom is -0.497 e. The maximum absolute atomic E-state index is 12.4. The van der Waals surface area contributed by atoms with Crippen LogP contribution in [0.1, 0.15) is 21.1 Å². The van der Waals surface area contributed by atoms with Crippen LogP contribution in [0.4, 0.5) is 0 Å². The molecule has 0 saturated heterocycles. The van der Waals surface area contributed by atoms with Gasteiger partial charge in [0.25, 0.3) is 5.56 Å². The number of aryl methyl sites for hydroxylation is 1. The number of benzene rings is 1. The van der Waals surface area contributed by atoms with Crippen molar-refractivity contribution in [3.8, 4) is 5.75 Å². The van der Waals surface area contributed by atoms with Crippen molar-refractivity contribution in [1.29, 1.82) is 0 Å². The Morgan fingerprint density at radius 3 is 2.64 bits per heavy atom. The number of hydrogen-bond acceptors (Lipinski definition) is 7. The molecule has 0 amide bonds. The zero-order valence-corrected chi connectivity index (χ0v) is 15.5. The highest BCUT2D eigenvalue weighted by molar-refractivity contribution is 7.98. The van der Waals surface area contributed by atoms with Crippen LogP contribution in [0.2, 0.25) is 0 Å². The predicted octanol–water partition coefficient (Wildman–Crippen LogP) is 3.38. The van der Waals surface area contributed by atoms with Gasteiger partial charge in [0.1, 0.15) is 21.3 Å². The SMILES string of the molecule is COC(=O)c1sc2nc(CSc3ccc(OC)cc3)[nH]c(=O)c2c1C. The second-order valence-electron chi connectivity index (χ2n) is 5.20. The number of hydrogen-bond donors (Lipinski definition) is 1. The zero-order chi connectivity index (χ0) is 18.0. The maximum Gasteiger partial charge on any atom is 0.348 e. The Balaban J connectivity index is 1.87. The molecule has 8 heteroatoms. The summed E-state index contributed by atoms with van der Waals surface area (Å²) in [5.41, 5.74) is 0.370. The molecule has 0 aliphatic heterocycles. The first-order valence-corrected chi connectivity index (χ1v) is 9.21. The van der Waals surface area contributed by atoms with Gasteiger partial charge in [-0.25, -0.2) is 9.78 Å². The van der Waals surface area contributed by atoms with Crippen LogP contribution in [0.3, 0.4) is 0 Å². The largest absolute Gasteiger partial charge is 0.497 e. The third-order valence-electron chi connectivity index (χ3n) is 3.66. The van der Waals surface area contributed by atoms with Crippen LogP contribution in [-0.4, -0.2) is 30.2 Å². The Hall–Kier alpha value is -2.32. The van der Waals surface area contributed by atoms with Crippen LogP contribution < -0.4 is 10.3 Å². The van der Waals surface area contributed by atoms with Crippen molar-refractivity contribution < 1.29 is 14.3 Å². The smallest absolute Gasteiger partial charge is 0.348 e. The number of fused-ring (bicyclic) bond motifs is 1. The van der Waals surface area contributed by atoms with Gasteiger partial charge in [0.15, 0.2) is 0 Å². The third-order valence-corrected chi connectivity index (χ3v) is 5.84. The average molecular weight is 376 g/mol. The molecule has 0 spiro atoms. The summed E-state index contributed by atoms with van der Waals surface area (Å²) in [5, 5.41) is 0.448. The van der Waals surface area contributed by atoms with Crippen LogP contribution in [0.5, 0.6) is 5.75 Å². The highest BCUT2D eigenvalue weighted by Crippen LogP contribution is 2.29. The van der Waals surface area contributed by atoms with Crippen molar-refractivity contribution in [3.05, 3.63) is 50.9 Å². The van der Waals surface area contributed by atoms with Gasteiger partial charge in [-0.3, -0.25) is 4.79 Å². The summed E-state index contributed by atoms with van der Waals surface area (Å²) in [6, 6.07) is 7.66. The molecule has 0 aliphatic rings. The van der Waals surface area contributed by atoms with Gasteiger partial charge >= 0.3 is 5.97 Å². The van der Waals surface area contributed by atoms with Gasteiger partial charge in [0, 0.05) is 4.90 Å². The third kappa shape index (κ3) is 3.54. The lowest BCUT2D eigenvalue weighted by molar-refractivity contribution is 0.0605. The standard InChI is InChI=1S/C17H16N2O4S2/c1-9-13-15(20)18-12(19-16(13)25-14(9)17(21)23-3)8-24-11-6-4-10(22-2)5-7-11/h4-7H,8H2,1-3H3,(H,18,19,20). The van der Waals surface area contributed by atoms with Gasteiger partial charge in [0.2, 0.25) is 0 Å². The van der Waals surface area contributed by atoms with E-state index >= 15 is 0 Å². The number of nitrogens with one attached hydrogen (secondary N) is 1. The second-order valence-corrected chi connectivity index (χ2v) is 7.25. The van der Waals surface area contributed by atoms with Gasteiger partial charge in [-0.15, -0.1) is 23.1 Å². The van der Waals surface area contributed by atoms with Crippen molar-refractivity contribution in [2.75, 3.05) is 14.2 Å². The van der Waals surface area contributed by atoms with Crippen molar-refractivity contribution in [2.24, 2.45) is 0 Å². The highest BCUT2D eigenvalue weighted by Gasteiger charge is 2.19. The van der Waals surface area contributed by atoms with E-state index in [0.717, 1.165) is 10.6 Å². The fraction of sp³-hybridized carbons (Fsp3) is 0.235. The lowest BCUT2D eigenvalue weighted by Gasteiger charge is -2.03. The van der Waals surface area contributed by atoms with Crippen LogP contribution in [-0.2, 0) is 10.5 Å². The number of thioether (sulfide) groups is 1. The van der Waals surface area contributed by atoms with E-state index in [9.17, 15) is 9.59 Å². The number of ether oxygens (including phenoxy) is 2. The van der Waals surface area contributed by atoms with Crippen molar-refractivity contribution >= 4 is 39.3 Å². The Morgan fingerprint density at radius 2 is 2.00 bits per heavy atom. The van der Waals surface area contributed by atoms with Crippen LogP contribution in [0.15, 0.2) is 34.0 Å². The summed E-state index contributed by atoms with van der Waals surface area (Å²) >= 11 is 2.74. The van der Waals surface area contributed by atoms with Crippen LogP contribution >= 0.6 is 23.1 Å². The monoisotopic (exact) mass is 376 g/mol. The summed E-state index contributed by atoms with van der Waals surface area (Å²) in [7, 11) is 2.94. The minimum absolute atomic E-state index is 0.237. The van der Waals surface area contributed by atoms with Gasteiger partial charge in [-0.1, -0.05) is 0 Å². The molecule has 3 aromatic rings. The summed E-state index contributed by atoms with van der Waals surface area (Å²) < 4.78 is 9.89. The molecule has 2 heterocycles. The number of thiophene rings is 1. The molecule has 2 aromatic heterocycles. The number of carbonyl (C=O) groups excluding carboxylic acids is 1. The molecule has 3 rings (SSSR count). The molecular formula is C17H16N2O4S2. The molecule has 1 N–H and O–H groups in total. The van der Waals surface area contributed by atoms with E-state index < -0.39 is 5.97 Å². The lowest BCUT2D eigenvalue weighted by Crippen LogP contribution is -2.11. The van der Waals surface area contributed by atoms with E-state index in [1.54, 1.807) is 25.8 Å². The number of esters is 1. The quantitative estimate of drug-likeness (QED) is 0.543. The molecule has 6 nitrogen and oxygen atoms in total.